The highest BCUT2D eigenvalue weighted by Gasteiger charge is 2.63. The molecule has 1 aromatic carbocycles. The van der Waals surface area contributed by atoms with E-state index in [4.69, 9.17) is 12.2 Å². The summed E-state index contributed by atoms with van der Waals surface area (Å²) in [6.45, 7) is 4.80. The summed E-state index contributed by atoms with van der Waals surface area (Å²) in [6.07, 6.45) is 2.97. The first-order valence-corrected chi connectivity index (χ1v) is 11.1. The maximum atomic E-state index is 13.5. The van der Waals surface area contributed by atoms with Crippen LogP contribution in [0.1, 0.15) is 38.7 Å². The van der Waals surface area contributed by atoms with Crippen molar-refractivity contribution in [1.82, 2.24) is 15.1 Å². The maximum Gasteiger partial charge on any atom is 0.332 e. The number of anilines is 2. The minimum absolute atomic E-state index is 0.205. The van der Waals surface area contributed by atoms with E-state index in [9.17, 15) is 14.4 Å². The molecule has 1 unspecified atom stereocenters. The van der Waals surface area contributed by atoms with E-state index < -0.39 is 23.3 Å². The molecule has 9 heteroatoms. The molecule has 166 valence electrons. The smallest absolute Gasteiger partial charge is 0.332 e. The van der Waals surface area contributed by atoms with Crippen LogP contribution in [0.15, 0.2) is 18.2 Å². The Bertz CT molecular complexity index is 938. The van der Waals surface area contributed by atoms with Crippen molar-refractivity contribution in [3.63, 3.8) is 0 Å². The number of carbonyl (C=O) groups is 3. The highest BCUT2D eigenvalue weighted by atomic mass is 32.1. The second-order valence-corrected chi connectivity index (χ2v) is 9.37. The molecule has 1 atom stereocenters. The van der Waals surface area contributed by atoms with E-state index >= 15 is 0 Å². The Balaban J connectivity index is 1.77. The minimum atomic E-state index is -1.29. The largest absolute Gasteiger partial charge is 0.367 e. The van der Waals surface area contributed by atoms with Crippen LogP contribution in [-0.2, 0) is 16.0 Å². The average molecular weight is 444 g/mol. The zero-order chi connectivity index (χ0) is 22.5. The number of thiocarbonyl (C=S) groups is 1. The van der Waals surface area contributed by atoms with Gasteiger partial charge in [-0.3, -0.25) is 19.4 Å². The average Bonchev–Trinajstić information content (AvgIpc) is 2.74. The number of barbiturate groups is 1. The lowest BCUT2D eigenvalue weighted by Crippen LogP contribution is -2.72. The Kier molecular flexibility index (Phi) is 5.41. The van der Waals surface area contributed by atoms with Crippen molar-refractivity contribution in [2.24, 2.45) is 5.41 Å². The summed E-state index contributed by atoms with van der Waals surface area (Å²) in [7, 11) is 2.93. The van der Waals surface area contributed by atoms with Crippen molar-refractivity contribution >= 4 is 46.6 Å². The molecule has 3 aliphatic rings. The van der Waals surface area contributed by atoms with E-state index in [1.54, 1.807) is 0 Å². The SMILES string of the molecule is CC(C)NC(=S)Nc1ccc2c(c1)CC1(C(=O)N(C)C(=O)N(C)C1=O)C1CCCCN21. The van der Waals surface area contributed by atoms with Gasteiger partial charge in [0.05, 0.1) is 6.04 Å². The van der Waals surface area contributed by atoms with Gasteiger partial charge in [0.1, 0.15) is 0 Å². The summed E-state index contributed by atoms with van der Waals surface area (Å²) in [6, 6.07) is 5.35. The molecule has 2 fully saturated rings. The first-order chi connectivity index (χ1) is 14.7. The summed E-state index contributed by atoms with van der Waals surface area (Å²) in [5.74, 6) is -0.808. The van der Waals surface area contributed by atoms with Gasteiger partial charge in [-0.15, -0.1) is 0 Å². The monoisotopic (exact) mass is 443 g/mol. The Labute approximate surface area is 187 Å². The molecule has 4 amide bonds. The number of nitrogens with one attached hydrogen (secondary N) is 2. The number of urea groups is 1. The molecule has 3 aliphatic heterocycles. The van der Waals surface area contributed by atoms with E-state index in [0.717, 1.165) is 52.5 Å². The number of hydrogen-bond acceptors (Lipinski definition) is 5. The molecular weight excluding hydrogens is 414 g/mol. The van der Waals surface area contributed by atoms with Gasteiger partial charge in [0.2, 0.25) is 11.8 Å². The molecule has 1 spiro atoms. The molecule has 2 N–H and O–H groups in total. The number of piperidine rings is 1. The Morgan fingerprint density at radius 3 is 2.45 bits per heavy atom. The Morgan fingerprint density at radius 1 is 1.13 bits per heavy atom. The summed E-state index contributed by atoms with van der Waals surface area (Å²) in [5.41, 5.74) is 1.47. The molecule has 0 radical (unpaired) electrons. The second-order valence-electron chi connectivity index (χ2n) is 8.96. The predicted molar refractivity (Wildman–Crippen MR) is 123 cm³/mol. The molecule has 0 aromatic heterocycles. The third-order valence-corrected chi connectivity index (χ3v) is 6.77. The normalized spacial score (nSPS) is 22.5. The number of rotatable bonds is 2. The van der Waals surface area contributed by atoms with Crippen molar-refractivity contribution in [3.8, 4) is 0 Å². The fourth-order valence-electron chi connectivity index (χ4n) is 5.19. The van der Waals surface area contributed by atoms with Crippen LogP contribution in [0.2, 0.25) is 0 Å². The number of nitrogens with zero attached hydrogens (tertiary/aromatic N) is 3. The number of benzene rings is 1. The Morgan fingerprint density at radius 2 is 1.81 bits per heavy atom. The summed E-state index contributed by atoms with van der Waals surface area (Å²) in [4.78, 5) is 43.8. The Hall–Kier alpha value is -2.68. The van der Waals surface area contributed by atoms with Gasteiger partial charge in [-0.2, -0.15) is 0 Å². The van der Waals surface area contributed by atoms with Crippen LogP contribution in [0.25, 0.3) is 0 Å². The fraction of sp³-hybridized carbons (Fsp3) is 0.545. The van der Waals surface area contributed by atoms with Gasteiger partial charge in [-0.05, 0) is 75.5 Å². The molecule has 0 saturated carbocycles. The lowest BCUT2D eigenvalue weighted by molar-refractivity contribution is -0.159. The van der Waals surface area contributed by atoms with Crippen molar-refractivity contribution in [3.05, 3.63) is 23.8 Å². The van der Waals surface area contributed by atoms with Crippen LogP contribution >= 0.6 is 12.2 Å². The highest BCUT2D eigenvalue weighted by Crippen LogP contribution is 2.49. The van der Waals surface area contributed by atoms with Gasteiger partial charge in [0.15, 0.2) is 10.5 Å². The molecule has 8 nitrogen and oxygen atoms in total. The van der Waals surface area contributed by atoms with E-state index in [0.29, 0.717) is 5.11 Å². The van der Waals surface area contributed by atoms with Gasteiger partial charge in [0, 0.05) is 38.1 Å². The number of fused-ring (bicyclic) bond motifs is 4. The molecule has 2 saturated heterocycles. The summed E-state index contributed by atoms with van der Waals surface area (Å²) in [5, 5.41) is 6.87. The van der Waals surface area contributed by atoms with Crippen LogP contribution in [0.4, 0.5) is 16.2 Å². The molecular formula is C22H29N5O3S. The third kappa shape index (κ3) is 3.35. The minimum Gasteiger partial charge on any atom is -0.367 e. The van der Waals surface area contributed by atoms with E-state index in [-0.39, 0.29) is 18.5 Å². The number of carbonyl (C=O) groups excluding carboxylic acids is 3. The molecule has 1 aromatic rings. The van der Waals surface area contributed by atoms with Crippen LogP contribution < -0.4 is 15.5 Å². The zero-order valence-electron chi connectivity index (χ0n) is 18.4. The third-order valence-electron chi connectivity index (χ3n) is 6.55. The lowest BCUT2D eigenvalue weighted by atomic mass is 9.66. The highest BCUT2D eigenvalue weighted by molar-refractivity contribution is 7.80. The number of hydrogen-bond donors (Lipinski definition) is 2. The predicted octanol–water partition coefficient (Wildman–Crippen LogP) is 2.33. The number of amides is 4. The van der Waals surface area contributed by atoms with Gasteiger partial charge >= 0.3 is 6.03 Å². The molecule has 0 bridgehead atoms. The van der Waals surface area contributed by atoms with E-state index in [1.165, 1.54) is 14.1 Å². The van der Waals surface area contributed by atoms with E-state index in [2.05, 4.69) is 15.5 Å². The van der Waals surface area contributed by atoms with Crippen molar-refractivity contribution < 1.29 is 14.4 Å². The second kappa shape index (κ2) is 7.78. The zero-order valence-corrected chi connectivity index (χ0v) is 19.2. The topological polar surface area (TPSA) is 85.0 Å². The van der Waals surface area contributed by atoms with Crippen molar-refractivity contribution in [2.75, 3.05) is 30.9 Å². The van der Waals surface area contributed by atoms with Crippen LogP contribution in [0.5, 0.6) is 0 Å². The fourth-order valence-corrected chi connectivity index (χ4v) is 5.54. The van der Waals surface area contributed by atoms with Gasteiger partial charge in [-0.1, -0.05) is 0 Å². The van der Waals surface area contributed by atoms with Gasteiger partial charge in [-0.25, -0.2) is 4.79 Å². The first kappa shape index (κ1) is 21.5. The van der Waals surface area contributed by atoms with Crippen LogP contribution in [0.3, 0.4) is 0 Å². The summed E-state index contributed by atoms with van der Waals surface area (Å²) < 4.78 is 0. The van der Waals surface area contributed by atoms with Gasteiger partial charge < -0.3 is 15.5 Å². The standard InChI is InChI=1S/C22H29N5O3S/c1-13(2)23-20(31)24-15-8-9-16-14(11-15)12-22(17-7-5-6-10-27(16)17)18(28)25(3)21(30)26(4)19(22)29/h8-9,11,13,17H,5-7,10,12H2,1-4H3,(H2,23,24,31). The molecule has 31 heavy (non-hydrogen) atoms. The lowest BCUT2D eigenvalue weighted by Gasteiger charge is -2.54. The summed E-state index contributed by atoms with van der Waals surface area (Å²) >= 11 is 5.37. The number of imide groups is 2. The quantitative estimate of drug-likeness (QED) is 0.536. The van der Waals surface area contributed by atoms with Crippen molar-refractivity contribution in [1.29, 1.82) is 0 Å². The van der Waals surface area contributed by atoms with E-state index in [1.807, 2.05) is 32.0 Å². The molecule has 4 rings (SSSR count). The molecule has 3 heterocycles. The van der Waals surface area contributed by atoms with Crippen LogP contribution in [-0.4, -0.2) is 65.5 Å². The maximum absolute atomic E-state index is 13.5. The van der Waals surface area contributed by atoms with Gasteiger partial charge in [0.25, 0.3) is 0 Å². The van der Waals surface area contributed by atoms with Crippen LogP contribution in [0, 0.1) is 5.41 Å². The first-order valence-electron chi connectivity index (χ1n) is 10.7. The molecule has 0 aliphatic carbocycles. The van der Waals surface area contributed by atoms with Crippen molar-refractivity contribution in [2.45, 2.75) is 51.6 Å².